The molecule has 1 amide bonds. The number of para-hydroxylation sites is 1. The lowest BCUT2D eigenvalue weighted by molar-refractivity contribution is 0.0951. The van der Waals surface area contributed by atoms with Gasteiger partial charge in [-0.05, 0) is 48.0 Å². The highest BCUT2D eigenvalue weighted by molar-refractivity contribution is 6.31. The maximum absolute atomic E-state index is 13.1. The van der Waals surface area contributed by atoms with E-state index < -0.39 is 11.4 Å². The largest absolute Gasteiger partial charge is 0.348 e. The van der Waals surface area contributed by atoms with Gasteiger partial charge in [0.25, 0.3) is 11.5 Å². The quantitative estimate of drug-likeness (QED) is 0.573. The maximum atomic E-state index is 13.1. The Morgan fingerprint density at radius 3 is 2.61 bits per heavy atom. The zero-order chi connectivity index (χ0) is 19.7. The monoisotopic (exact) mass is 393 g/mol. The number of hydrogen-bond donors (Lipinski definition) is 1. The molecule has 4 aromatic rings. The molecule has 7 heteroatoms. The molecular formula is C21H13ClFN3O2. The Balaban J connectivity index is 1.66. The molecule has 5 nitrogen and oxygen atoms in total. The first-order valence-electron chi connectivity index (χ1n) is 8.44. The highest BCUT2D eigenvalue weighted by atomic mass is 35.5. The summed E-state index contributed by atoms with van der Waals surface area (Å²) in [5.41, 5.74) is 1.89. The van der Waals surface area contributed by atoms with Crippen LogP contribution in [0.1, 0.15) is 15.9 Å². The van der Waals surface area contributed by atoms with Gasteiger partial charge >= 0.3 is 0 Å². The third-order valence-electron chi connectivity index (χ3n) is 4.29. The van der Waals surface area contributed by atoms with Crippen molar-refractivity contribution in [3.05, 3.63) is 93.0 Å². The van der Waals surface area contributed by atoms with Crippen molar-refractivity contribution in [2.75, 3.05) is 0 Å². The number of carbonyl (C=O) groups excluding carboxylic acids is 1. The Morgan fingerprint density at radius 2 is 1.79 bits per heavy atom. The highest BCUT2D eigenvalue weighted by Gasteiger charge is 2.10. The second-order valence-corrected chi connectivity index (χ2v) is 6.58. The number of nitrogens with zero attached hydrogens (tertiary/aromatic N) is 2. The first-order valence-corrected chi connectivity index (χ1v) is 8.82. The first kappa shape index (κ1) is 18.0. The molecule has 0 spiro atoms. The minimum atomic E-state index is -0.443. The van der Waals surface area contributed by atoms with E-state index in [0.29, 0.717) is 33.1 Å². The fourth-order valence-corrected chi connectivity index (χ4v) is 3.08. The number of halogens is 2. The van der Waals surface area contributed by atoms with Gasteiger partial charge in [-0.3, -0.25) is 9.59 Å². The number of hydrogen-bond acceptors (Lipinski definition) is 4. The van der Waals surface area contributed by atoms with E-state index in [4.69, 9.17) is 11.6 Å². The van der Waals surface area contributed by atoms with E-state index in [2.05, 4.69) is 15.3 Å². The molecule has 1 heterocycles. The molecule has 3 aromatic carbocycles. The Morgan fingerprint density at radius 1 is 0.964 bits per heavy atom. The van der Waals surface area contributed by atoms with Crippen LogP contribution in [0.4, 0.5) is 4.39 Å². The topological polar surface area (TPSA) is 72.0 Å². The number of fused-ring (bicyclic) bond motifs is 2. The van der Waals surface area contributed by atoms with Crippen molar-refractivity contribution in [2.45, 2.75) is 6.54 Å². The molecule has 0 atom stereocenters. The van der Waals surface area contributed by atoms with Crippen LogP contribution < -0.4 is 10.9 Å². The number of aromatic nitrogens is 2. The summed E-state index contributed by atoms with van der Waals surface area (Å²) in [7, 11) is 0. The van der Waals surface area contributed by atoms with Crippen molar-refractivity contribution >= 4 is 39.4 Å². The van der Waals surface area contributed by atoms with Crippen molar-refractivity contribution < 1.29 is 9.18 Å². The minimum Gasteiger partial charge on any atom is -0.348 e. The predicted octanol–water partition coefficient (Wildman–Crippen LogP) is 3.87. The summed E-state index contributed by atoms with van der Waals surface area (Å²) in [6.07, 6.45) is 0. The standard InChI is InChI=1S/C21H13ClFN3O2/c22-16-10-14(23)7-5-13(16)11-24-20(27)12-6-8-18-19(9-12)26-21(28)15-3-1-2-4-17(15)25-18/h1-10H,11H2,(H,24,27). The molecular weight excluding hydrogens is 381 g/mol. The van der Waals surface area contributed by atoms with E-state index in [1.807, 2.05) is 0 Å². The number of carbonyl (C=O) groups is 1. The molecule has 0 unspecified atom stereocenters. The molecule has 1 aromatic heterocycles. The average Bonchev–Trinajstić information content (AvgIpc) is 2.82. The van der Waals surface area contributed by atoms with Gasteiger partial charge in [0.05, 0.1) is 21.9 Å². The molecule has 1 N–H and O–H groups in total. The van der Waals surface area contributed by atoms with Crippen LogP contribution in [0, 0.1) is 5.82 Å². The Kier molecular flexibility index (Phi) is 4.71. The second-order valence-electron chi connectivity index (χ2n) is 6.17. The number of nitrogens with one attached hydrogen (secondary N) is 1. The van der Waals surface area contributed by atoms with Crippen molar-refractivity contribution in [2.24, 2.45) is 0 Å². The Hall–Kier alpha value is -3.38. The SMILES string of the molecule is O=C(NCc1ccc(F)cc1Cl)c1ccc2nc3ccccc3c(=O)nc2c1. The lowest BCUT2D eigenvalue weighted by Gasteiger charge is -2.07. The molecule has 138 valence electrons. The van der Waals surface area contributed by atoms with Crippen LogP contribution >= 0.6 is 11.6 Å². The van der Waals surface area contributed by atoms with Crippen molar-refractivity contribution in [1.82, 2.24) is 15.3 Å². The van der Waals surface area contributed by atoms with Gasteiger partial charge in [-0.2, -0.15) is 0 Å². The molecule has 28 heavy (non-hydrogen) atoms. The van der Waals surface area contributed by atoms with Gasteiger partial charge in [0, 0.05) is 17.1 Å². The normalized spacial score (nSPS) is 10.9. The molecule has 4 rings (SSSR count). The van der Waals surface area contributed by atoms with Crippen LogP contribution in [0.25, 0.3) is 21.9 Å². The van der Waals surface area contributed by atoms with Crippen molar-refractivity contribution in [3.8, 4) is 0 Å². The maximum Gasteiger partial charge on any atom is 0.279 e. The van der Waals surface area contributed by atoms with Gasteiger partial charge in [-0.15, -0.1) is 0 Å². The summed E-state index contributed by atoms with van der Waals surface area (Å²) in [4.78, 5) is 33.4. The van der Waals surface area contributed by atoms with E-state index in [1.54, 1.807) is 36.4 Å². The van der Waals surface area contributed by atoms with Gasteiger partial charge in [0.15, 0.2) is 0 Å². The summed E-state index contributed by atoms with van der Waals surface area (Å²) >= 11 is 5.98. The summed E-state index contributed by atoms with van der Waals surface area (Å²) in [5, 5.41) is 3.37. The van der Waals surface area contributed by atoms with E-state index in [1.165, 1.54) is 24.3 Å². The van der Waals surface area contributed by atoms with Gasteiger partial charge < -0.3 is 5.32 Å². The smallest absolute Gasteiger partial charge is 0.279 e. The lowest BCUT2D eigenvalue weighted by Crippen LogP contribution is -2.23. The first-order chi connectivity index (χ1) is 13.5. The number of rotatable bonds is 3. The molecule has 0 fully saturated rings. The summed E-state index contributed by atoms with van der Waals surface area (Å²) < 4.78 is 13.1. The van der Waals surface area contributed by atoms with Crippen molar-refractivity contribution in [1.29, 1.82) is 0 Å². The average molecular weight is 394 g/mol. The van der Waals surface area contributed by atoms with E-state index in [-0.39, 0.29) is 17.5 Å². The fraction of sp³-hybridized carbons (Fsp3) is 0.0476. The fourth-order valence-electron chi connectivity index (χ4n) is 2.84. The van der Waals surface area contributed by atoms with E-state index in [0.717, 1.165) is 0 Å². The summed E-state index contributed by atoms with van der Waals surface area (Å²) in [6.45, 7) is 0.140. The molecule has 0 aliphatic heterocycles. The van der Waals surface area contributed by atoms with Crippen LogP contribution in [0.2, 0.25) is 5.02 Å². The summed E-state index contributed by atoms with van der Waals surface area (Å²) in [5.74, 6) is -0.811. The second kappa shape index (κ2) is 7.32. The summed E-state index contributed by atoms with van der Waals surface area (Å²) in [6, 6.07) is 15.7. The molecule has 0 aliphatic carbocycles. The molecule has 0 aliphatic rings. The van der Waals surface area contributed by atoms with Gasteiger partial charge in [0.1, 0.15) is 5.82 Å². The number of amides is 1. The van der Waals surface area contributed by atoms with Crippen LogP contribution in [0.15, 0.2) is 65.5 Å². The Labute approximate surface area is 163 Å². The lowest BCUT2D eigenvalue weighted by atomic mass is 10.1. The van der Waals surface area contributed by atoms with E-state index >= 15 is 0 Å². The third-order valence-corrected chi connectivity index (χ3v) is 4.64. The molecule has 0 bridgehead atoms. The van der Waals surface area contributed by atoms with Crippen LogP contribution in [0.3, 0.4) is 0 Å². The van der Waals surface area contributed by atoms with Crippen LogP contribution in [0.5, 0.6) is 0 Å². The van der Waals surface area contributed by atoms with Gasteiger partial charge in [-0.25, -0.2) is 14.4 Å². The highest BCUT2D eigenvalue weighted by Crippen LogP contribution is 2.18. The zero-order valence-corrected chi connectivity index (χ0v) is 15.2. The molecule has 0 radical (unpaired) electrons. The van der Waals surface area contributed by atoms with Gasteiger partial charge in [-0.1, -0.05) is 29.8 Å². The minimum absolute atomic E-state index is 0.140. The predicted molar refractivity (Wildman–Crippen MR) is 106 cm³/mol. The molecule has 0 saturated carbocycles. The van der Waals surface area contributed by atoms with E-state index in [9.17, 15) is 14.0 Å². The molecule has 0 saturated heterocycles. The van der Waals surface area contributed by atoms with Crippen molar-refractivity contribution in [3.63, 3.8) is 0 Å². The zero-order valence-electron chi connectivity index (χ0n) is 14.4. The number of benzene rings is 3. The van der Waals surface area contributed by atoms with Crippen LogP contribution in [-0.4, -0.2) is 15.9 Å². The third kappa shape index (κ3) is 3.54. The Bertz CT molecular complexity index is 1290. The van der Waals surface area contributed by atoms with Crippen LogP contribution in [-0.2, 0) is 6.54 Å². The van der Waals surface area contributed by atoms with Gasteiger partial charge in [0.2, 0.25) is 0 Å².